The van der Waals surface area contributed by atoms with Crippen LogP contribution in [-0.4, -0.2) is 12.3 Å². The van der Waals surface area contributed by atoms with Crippen LogP contribution >= 0.6 is 23.2 Å². The van der Waals surface area contributed by atoms with Gasteiger partial charge in [0.1, 0.15) is 0 Å². The van der Waals surface area contributed by atoms with Gasteiger partial charge in [-0.3, -0.25) is 0 Å². The predicted octanol–water partition coefficient (Wildman–Crippen LogP) is 3.63. The molecule has 0 saturated heterocycles. The van der Waals surface area contributed by atoms with E-state index in [9.17, 15) is 18.0 Å². The molecule has 0 aliphatic carbocycles. The first-order chi connectivity index (χ1) is 7.28. The van der Waals surface area contributed by atoms with Gasteiger partial charge in [-0.15, -0.1) is 0 Å². The lowest BCUT2D eigenvalue weighted by Gasteiger charge is -2.10. The van der Waals surface area contributed by atoms with Crippen molar-refractivity contribution >= 4 is 34.9 Å². The van der Waals surface area contributed by atoms with E-state index in [-0.39, 0.29) is 10.7 Å². The maximum Gasteiger partial charge on any atom is 0.485 e. The SMILES string of the molecule is O=C(Nc1ccc(Cl)cc1Cl)NC(F)(F)F. The number of rotatable bonds is 1. The first kappa shape index (κ1) is 12.9. The number of anilines is 1. The molecular weight excluding hydrogens is 268 g/mol. The molecule has 3 nitrogen and oxygen atoms in total. The summed E-state index contributed by atoms with van der Waals surface area (Å²) >= 11 is 11.2. The lowest BCUT2D eigenvalue weighted by molar-refractivity contribution is -0.144. The van der Waals surface area contributed by atoms with E-state index in [0.717, 1.165) is 5.32 Å². The Balaban J connectivity index is 2.70. The molecule has 0 saturated carbocycles. The Bertz CT molecular complexity index is 409. The molecule has 0 aliphatic heterocycles. The fourth-order valence-corrected chi connectivity index (χ4v) is 1.33. The van der Waals surface area contributed by atoms with Crippen LogP contribution in [-0.2, 0) is 0 Å². The molecule has 0 heterocycles. The second-order valence-corrected chi connectivity index (χ2v) is 3.54. The fourth-order valence-electron chi connectivity index (χ4n) is 0.873. The molecule has 88 valence electrons. The van der Waals surface area contributed by atoms with Crippen molar-refractivity contribution in [3.8, 4) is 0 Å². The second kappa shape index (κ2) is 4.80. The van der Waals surface area contributed by atoms with Crippen molar-refractivity contribution in [1.82, 2.24) is 5.32 Å². The van der Waals surface area contributed by atoms with Gasteiger partial charge >= 0.3 is 12.3 Å². The number of carbonyl (C=O) groups is 1. The third-order valence-electron chi connectivity index (χ3n) is 1.43. The van der Waals surface area contributed by atoms with Gasteiger partial charge in [0.25, 0.3) is 0 Å². The summed E-state index contributed by atoms with van der Waals surface area (Å²) in [6, 6.07) is 2.56. The standard InChI is InChI=1S/C8H5Cl2F3N2O/c9-4-1-2-6(5(10)3-4)14-7(16)15-8(11,12)13/h1-3H,(H2,14,15,16). The summed E-state index contributed by atoms with van der Waals surface area (Å²) in [4.78, 5) is 10.8. The van der Waals surface area contributed by atoms with Crippen molar-refractivity contribution in [1.29, 1.82) is 0 Å². The molecule has 2 N–H and O–H groups in total. The summed E-state index contributed by atoms with van der Waals surface area (Å²) in [5, 5.41) is 3.06. The van der Waals surface area contributed by atoms with Crippen molar-refractivity contribution in [2.45, 2.75) is 6.30 Å². The highest BCUT2D eigenvalue weighted by Gasteiger charge is 2.30. The Hall–Kier alpha value is -1.14. The van der Waals surface area contributed by atoms with Crippen molar-refractivity contribution in [2.75, 3.05) is 5.32 Å². The van der Waals surface area contributed by atoms with E-state index in [1.807, 2.05) is 5.32 Å². The van der Waals surface area contributed by atoms with E-state index in [0.29, 0.717) is 5.02 Å². The van der Waals surface area contributed by atoms with Crippen LogP contribution in [0.15, 0.2) is 18.2 Å². The molecule has 2 amide bonds. The van der Waals surface area contributed by atoms with Gasteiger partial charge in [0.2, 0.25) is 0 Å². The third kappa shape index (κ3) is 4.16. The smallest absolute Gasteiger partial charge is 0.306 e. The largest absolute Gasteiger partial charge is 0.485 e. The zero-order valence-corrected chi connectivity index (χ0v) is 9.04. The topological polar surface area (TPSA) is 41.1 Å². The number of urea groups is 1. The molecular formula is C8H5Cl2F3N2O. The molecule has 0 radical (unpaired) electrons. The van der Waals surface area contributed by atoms with E-state index >= 15 is 0 Å². The molecule has 0 atom stereocenters. The van der Waals surface area contributed by atoms with Gasteiger partial charge in [-0.2, -0.15) is 13.2 Å². The minimum Gasteiger partial charge on any atom is -0.306 e. The van der Waals surface area contributed by atoms with Crippen LogP contribution < -0.4 is 10.6 Å². The van der Waals surface area contributed by atoms with Gasteiger partial charge < -0.3 is 5.32 Å². The molecule has 8 heteroatoms. The monoisotopic (exact) mass is 272 g/mol. The minimum absolute atomic E-state index is 0.0350. The van der Waals surface area contributed by atoms with Crippen molar-refractivity contribution in [2.24, 2.45) is 0 Å². The summed E-state index contributed by atoms with van der Waals surface area (Å²) in [6.45, 7) is 0. The molecule has 16 heavy (non-hydrogen) atoms. The quantitative estimate of drug-likeness (QED) is 0.753. The molecule has 1 aromatic carbocycles. The van der Waals surface area contributed by atoms with Gasteiger partial charge in [-0.05, 0) is 18.2 Å². The average Bonchev–Trinajstić information content (AvgIpc) is 2.06. The highest BCUT2D eigenvalue weighted by atomic mass is 35.5. The number of carbonyl (C=O) groups excluding carboxylic acids is 1. The van der Waals surface area contributed by atoms with E-state index < -0.39 is 12.3 Å². The number of benzene rings is 1. The van der Waals surface area contributed by atoms with Crippen molar-refractivity contribution in [3.63, 3.8) is 0 Å². The Labute approximate surface area is 98.5 Å². The minimum atomic E-state index is -4.79. The van der Waals surface area contributed by atoms with Crippen LogP contribution in [0.25, 0.3) is 0 Å². The van der Waals surface area contributed by atoms with Crippen LogP contribution in [0.3, 0.4) is 0 Å². The van der Waals surface area contributed by atoms with E-state index in [2.05, 4.69) is 0 Å². The summed E-state index contributed by atoms with van der Waals surface area (Å²) < 4.78 is 35.2. The lowest BCUT2D eigenvalue weighted by Crippen LogP contribution is -2.40. The molecule has 0 bridgehead atoms. The maximum absolute atomic E-state index is 11.7. The van der Waals surface area contributed by atoms with Gasteiger partial charge in [-0.1, -0.05) is 23.2 Å². The van der Waals surface area contributed by atoms with Crippen LogP contribution in [0.1, 0.15) is 0 Å². The molecule has 1 rings (SSSR count). The van der Waals surface area contributed by atoms with E-state index in [1.54, 1.807) is 0 Å². The summed E-state index contributed by atoms with van der Waals surface area (Å²) in [6.07, 6.45) is -4.79. The normalized spacial score (nSPS) is 11.1. The predicted molar refractivity (Wildman–Crippen MR) is 54.7 cm³/mol. The van der Waals surface area contributed by atoms with Crippen LogP contribution in [0.4, 0.5) is 23.7 Å². The van der Waals surface area contributed by atoms with Gasteiger partial charge in [0.05, 0.1) is 10.7 Å². The molecule has 0 fully saturated rings. The molecule has 0 aromatic heterocycles. The Kier molecular flexibility index (Phi) is 3.88. The zero-order valence-electron chi connectivity index (χ0n) is 7.53. The first-order valence-corrected chi connectivity index (χ1v) is 4.64. The molecule has 1 aromatic rings. The highest BCUT2D eigenvalue weighted by Crippen LogP contribution is 2.25. The third-order valence-corrected chi connectivity index (χ3v) is 1.98. The first-order valence-electron chi connectivity index (χ1n) is 3.89. The number of halogens is 5. The van der Waals surface area contributed by atoms with Gasteiger partial charge in [0, 0.05) is 5.02 Å². The number of hydrogen-bond donors (Lipinski definition) is 2. The second-order valence-electron chi connectivity index (χ2n) is 2.70. The Morgan fingerprint density at radius 3 is 2.38 bits per heavy atom. The summed E-state index contributed by atoms with van der Waals surface area (Å²) in [5.74, 6) is 0. The number of amides is 2. The number of nitrogens with one attached hydrogen (secondary N) is 2. The van der Waals surface area contributed by atoms with Crippen LogP contribution in [0, 0.1) is 0 Å². The number of alkyl halides is 3. The Morgan fingerprint density at radius 1 is 1.25 bits per heavy atom. The Morgan fingerprint density at radius 2 is 1.88 bits per heavy atom. The van der Waals surface area contributed by atoms with Gasteiger partial charge in [0.15, 0.2) is 0 Å². The highest BCUT2D eigenvalue weighted by molar-refractivity contribution is 6.36. The van der Waals surface area contributed by atoms with Crippen molar-refractivity contribution in [3.05, 3.63) is 28.2 Å². The van der Waals surface area contributed by atoms with Crippen molar-refractivity contribution < 1.29 is 18.0 Å². The number of hydrogen-bond acceptors (Lipinski definition) is 1. The van der Waals surface area contributed by atoms with E-state index in [4.69, 9.17) is 23.2 Å². The molecule has 0 unspecified atom stereocenters. The van der Waals surface area contributed by atoms with Crippen LogP contribution in [0.2, 0.25) is 10.0 Å². The summed E-state index contributed by atoms with van der Waals surface area (Å²) in [7, 11) is 0. The van der Waals surface area contributed by atoms with Gasteiger partial charge in [-0.25, -0.2) is 10.1 Å². The summed E-state index contributed by atoms with van der Waals surface area (Å²) in [5.41, 5.74) is 0.0350. The zero-order chi connectivity index (χ0) is 12.3. The fraction of sp³-hybridized carbons (Fsp3) is 0.125. The maximum atomic E-state index is 11.7. The average molecular weight is 273 g/mol. The molecule has 0 aliphatic rings. The van der Waals surface area contributed by atoms with Crippen LogP contribution in [0.5, 0.6) is 0 Å². The van der Waals surface area contributed by atoms with E-state index in [1.165, 1.54) is 18.2 Å². The molecule has 0 spiro atoms. The lowest BCUT2D eigenvalue weighted by atomic mass is 10.3.